The number of ether oxygens (including phenoxy) is 1. The Hall–Kier alpha value is -3.91. The lowest BCUT2D eigenvalue weighted by Crippen LogP contribution is -2.47. The predicted molar refractivity (Wildman–Crippen MR) is 109 cm³/mol. The summed E-state index contributed by atoms with van der Waals surface area (Å²) in [5, 5.41) is 27.7. The van der Waals surface area contributed by atoms with Crippen LogP contribution in [0.4, 0.5) is 10.5 Å². The third kappa shape index (κ3) is 4.65. The van der Waals surface area contributed by atoms with Crippen LogP contribution < -0.4 is 10.6 Å². The lowest BCUT2D eigenvalue weighted by Gasteiger charge is -2.31. The fourth-order valence-electron chi connectivity index (χ4n) is 3.27. The first kappa shape index (κ1) is 21.8. The van der Waals surface area contributed by atoms with E-state index in [-0.39, 0.29) is 37.6 Å². The van der Waals surface area contributed by atoms with Crippen molar-refractivity contribution in [2.75, 3.05) is 32.2 Å². The maximum atomic E-state index is 12.9. The number of rotatable bonds is 6. The van der Waals surface area contributed by atoms with Crippen LogP contribution in [-0.4, -0.2) is 64.6 Å². The van der Waals surface area contributed by atoms with Crippen molar-refractivity contribution < 1.29 is 24.2 Å². The molecule has 1 aromatic carbocycles. The smallest absolute Gasteiger partial charge is 0.411 e. The first-order valence-electron chi connectivity index (χ1n) is 9.53. The molecule has 11 heteroatoms. The number of nitrogens with zero attached hydrogens (tertiary/aromatic N) is 4. The van der Waals surface area contributed by atoms with Crippen LogP contribution in [0.2, 0.25) is 0 Å². The molecular formula is C20H22N6O5. The highest BCUT2D eigenvalue weighted by molar-refractivity contribution is 5.96. The molecule has 11 nitrogen and oxygen atoms in total. The molecule has 0 unspecified atom stereocenters. The number of methoxy groups -OCH3 is 1. The number of carbonyl (C=O) groups excluding carboxylic acids is 3. The van der Waals surface area contributed by atoms with Gasteiger partial charge in [0.05, 0.1) is 49.4 Å². The number of fused-ring (bicyclic) bond motifs is 1. The van der Waals surface area contributed by atoms with E-state index in [1.54, 1.807) is 22.9 Å². The maximum Gasteiger partial charge on any atom is 0.411 e. The van der Waals surface area contributed by atoms with Gasteiger partial charge in [-0.1, -0.05) is 0 Å². The van der Waals surface area contributed by atoms with Crippen LogP contribution in [0.15, 0.2) is 24.3 Å². The minimum Gasteiger partial charge on any atom is -0.453 e. The summed E-state index contributed by atoms with van der Waals surface area (Å²) >= 11 is 0. The lowest BCUT2D eigenvalue weighted by atomic mass is 10.1. The average molecular weight is 426 g/mol. The van der Waals surface area contributed by atoms with Gasteiger partial charge < -0.3 is 20.1 Å². The van der Waals surface area contributed by atoms with E-state index in [1.807, 2.05) is 13.0 Å². The Balaban J connectivity index is 1.91. The molecule has 1 aromatic heterocycles. The van der Waals surface area contributed by atoms with Crippen molar-refractivity contribution in [3.05, 3.63) is 35.5 Å². The molecule has 162 valence electrons. The third-order valence-corrected chi connectivity index (χ3v) is 4.80. The Kier molecular flexibility index (Phi) is 6.52. The van der Waals surface area contributed by atoms with Crippen molar-refractivity contribution in [1.29, 1.82) is 5.26 Å². The van der Waals surface area contributed by atoms with Crippen molar-refractivity contribution in [3.63, 3.8) is 0 Å². The van der Waals surface area contributed by atoms with Crippen LogP contribution >= 0.6 is 0 Å². The molecule has 1 aliphatic heterocycles. The molecule has 2 aromatic rings. The number of nitriles is 1. The van der Waals surface area contributed by atoms with Gasteiger partial charge in [0.1, 0.15) is 5.69 Å². The van der Waals surface area contributed by atoms with Gasteiger partial charge in [0.15, 0.2) is 0 Å². The molecule has 0 radical (unpaired) electrons. The molecule has 0 bridgehead atoms. The third-order valence-electron chi connectivity index (χ3n) is 4.80. The van der Waals surface area contributed by atoms with Crippen molar-refractivity contribution in [1.82, 2.24) is 20.0 Å². The number of hydrogen-bond acceptors (Lipinski definition) is 7. The van der Waals surface area contributed by atoms with Gasteiger partial charge in [0.25, 0.3) is 5.91 Å². The SMILES string of the molecule is COC(=O)Nc1cc(C#N)ccc1-c1cc2n(n1)[C@@H](C)CN(CNC(=O)CCO)C2=O. The number of aromatic nitrogens is 2. The maximum absolute atomic E-state index is 12.9. The minimum absolute atomic E-state index is 0.0224. The summed E-state index contributed by atoms with van der Waals surface area (Å²) in [7, 11) is 1.23. The van der Waals surface area contributed by atoms with E-state index in [2.05, 4.69) is 20.5 Å². The zero-order valence-electron chi connectivity index (χ0n) is 17.1. The molecule has 0 aliphatic carbocycles. The first-order valence-corrected chi connectivity index (χ1v) is 9.53. The number of hydrogen-bond donors (Lipinski definition) is 3. The Morgan fingerprint density at radius 1 is 1.39 bits per heavy atom. The molecule has 0 fully saturated rings. The van der Waals surface area contributed by atoms with Gasteiger partial charge in [-0.05, 0) is 31.2 Å². The zero-order chi connectivity index (χ0) is 22.5. The molecule has 1 aliphatic rings. The second kappa shape index (κ2) is 9.27. The van der Waals surface area contributed by atoms with Gasteiger partial charge in [0, 0.05) is 18.5 Å². The Bertz CT molecular complexity index is 1060. The van der Waals surface area contributed by atoms with E-state index in [0.717, 1.165) is 0 Å². The molecule has 3 N–H and O–H groups in total. The summed E-state index contributed by atoms with van der Waals surface area (Å²) in [4.78, 5) is 37.8. The molecule has 3 rings (SSSR count). The van der Waals surface area contributed by atoms with Crippen LogP contribution in [0.5, 0.6) is 0 Å². The average Bonchev–Trinajstić information content (AvgIpc) is 3.21. The van der Waals surface area contributed by atoms with Crippen molar-refractivity contribution >= 4 is 23.6 Å². The number of nitrogens with one attached hydrogen (secondary N) is 2. The molecule has 0 saturated carbocycles. The van der Waals surface area contributed by atoms with E-state index in [0.29, 0.717) is 34.7 Å². The van der Waals surface area contributed by atoms with E-state index >= 15 is 0 Å². The quantitative estimate of drug-likeness (QED) is 0.625. The molecule has 0 spiro atoms. The summed E-state index contributed by atoms with van der Waals surface area (Å²) < 4.78 is 6.24. The van der Waals surface area contributed by atoms with Gasteiger partial charge in [-0.3, -0.25) is 19.6 Å². The van der Waals surface area contributed by atoms with Gasteiger partial charge in [-0.25, -0.2) is 4.79 Å². The number of carbonyl (C=O) groups is 3. The molecule has 3 amide bonds. The van der Waals surface area contributed by atoms with Crippen molar-refractivity contribution in [3.8, 4) is 17.3 Å². The number of aliphatic hydroxyl groups excluding tert-OH is 1. The standard InChI is InChI=1S/C20H22N6O5/c1-12-10-25(11-22-18(28)5-6-27)19(29)17-8-16(24-26(12)17)14-4-3-13(9-21)7-15(14)23-20(30)31-2/h3-4,7-8,12,27H,5-6,10-11H2,1-2H3,(H,22,28)(H,23,30)/t12-/m0/s1. The predicted octanol–water partition coefficient (Wildman–Crippen LogP) is 1.07. The number of anilines is 1. The zero-order valence-corrected chi connectivity index (χ0v) is 17.1. The highest BCUT2D eigenvalue weighted by Crippen LogP contribution is 2.31. The summed E-state index contributed by atoms with van der Waals surface area (Å²) in [5.41, 5.74) is 1.97. The highest BCUT2D eigenvalue weighted by atomic mass is 16.5. The Labute approximate surface area is 178 Å². The van der Waals surface area contributed by atoms with Gasteiger partial charge in [0.2, 0.25) is 5.91 Å². The second-order valence-corrected chi connectivity index (χ2v) is 6.96. The highest BCUT2D eigenvalue weighted by Gasteiger charge is 2.31. The van der Waals surface area contributed by atoms with Crippen LogP contribution in [-0.2, 0) is 9.53 Å². The van der Waals surface area contributed by atoms with Crippen LogP contribution in [0.1, 0.15) is 35.4 Å². The van der Waals surface area contributed by atoms with Gasteiger partial charge in [-0.2, -0.15) is 10.4 Å². The lowest BCUT2D eigenvalue weighted by molar-refractivity contribution is -0.122. The monoisotopic (exact) mass is 426 g/mol. The number of aliphatic hydroxyl groups is 1. The van der Waals surface area contributed by atoms with Gasteiger partial charge in [-0.15, -0.1) is 0 Å². The van der Waals surface area contributed by atoms with E-state index in [9.17, 15) is 14.4 Å². The molecule has 1 atom stereocenters. The summed E-state index contributed by atoms with van der Waals surface area (Å²) in [5.74, 6) is -0.656. The molecule has 31 heavy (non-hydrogen) atoms. The van der Waals surface area contributed by atoms with E-state index < -0.39 is 6.09 Å². The summed E-state index contributed by atoms with van der Waals surface area (Å²) in [6, 6.07) is 8.18. The Morgan fingerprint density at radius 3 is 2.84 bits per heavy atom. The minimum atomic E-state index is -0.699. The number of amides is 3. The topological polar surface area (TPSA) is 150 Å². The van der Waals surface area contributed by atoms with E-state index in [1.165, 1.54) is 18.1 Å². The number of benzene rings is 1. The van der Waals surface area contributed by atoms with Crippen molar-refractivity contribution in [2.24, 2.45) is 0 Å². The Morgan fingerprint density at radius 2 is 2.16 bits per heavy atom. The molecule has 2 heterocycles. The van der Waals surface area contributed by atoms with E-state index in [4.69, 9.17) is 10.4 Å². The summed E-state index contributed by atoms with van der Waals surface area (Å²) in [6.07, 6.45) is -0.733. The molecule has 0 saturated heterocycles. The van der Waals surface area contributed by atoms with Crippen molar-refractivity contribution in [2.45, 2.75) is 19.4 Å². The van der Waals surface area contributed by atoms with Crippen LogP contribution in [0.3, 0.4) is 0 Å². The fourth-order valence-corrected chi connectivity index (χ4v) is 3.27. The van der Waals surface area contributed by atoms with Gasteiger partial charge >= 0.3 is 6.09 Å². The van der Waals surface area contributed by atoms with Crippen LogP contribution in [0, 0.1) is 11.3 Å². The molecular weight excluding hydrogens is 404 g/mol. The first-order chi connectivity index (χ1) is 14.9. The largest absolute Gasteiger partial charge is 0.453 e. The second-order valence-electron chi connectivity index (χ2n) is 6.96. The fraction of sp³-hybridized carbons (Fsp3) is 0.350. The normalized spacial score (nSPS) is 15.1. The van der Waals surface area contributed by atoms with Crippen LogP contribution in [0.25, 0.3) is 11.3 Å². The summed E-state index contributed by atoms with van der Waals surface area (Å²) in [6.45, 7) is 1.99.